The summed E-state index contributed by atoms with van der Waals surface area (Å²) >= 11 is 0. The van der Waals surface area contributed by atoms with Crippen molar-refractivity contribution < 1.29 is 19.1 Å². The first kappa shape index (κ1) is 21.5. The Kier molecular flexibility index (Phi) is 6.20. The highest BCUT2D eigenvalue weighted by atomic mass is 16.6. The van der Waals surface area contributed by atoms with E-state index >= 15 is 0 Å². The molecule has 2 aromatic rings. The summed E-state index contributed by atoms with van der Waals surface area (Å²) in [7, 11) is 0. The molecule has 0 bridgehead atoms. The molecule has 0 radical (unpaired) electrons. The standard InChI is InChI=1S/C23H27N3O4/c1-16(26-20(27)18-10-5-6-11-19(18)21(26)28)15-25(22(29)30-23(2,3)4)14-12-17-9-7-8-13-24-17/h5-11,13,16H,12,14-15H2,1-4H3/t16-/m1/s1. The molecular weight excluding hydrogens is 382 g/mol. The lowest BCUT2D eigenvalue weighted by Crippen LogP contribution is -2.48. The summed E-state index contributed by atoms with van der Waals surface area (Å²) in [5.74, 6) is -0.672. The fourth-order valence-corrected chi connectivity index (χ4v) is 3.39. The maximum atomic E-state index is 12.8. The van der Waals surface area contributed by atoms with Gasteiger partial charge in [0.1, 0.15) is 5.60 Å². The minimum Gasteiger partial charge on any atom is -0.444 e. The van der Waals surface area contributed by atoms with Gasteiger partial charge in [0.2, 0.25) is 0 Å². The lowest BCUT2D eigenvalue weighted by Gasteiger charge is -2.31. The van der Waals surface area contributed by atoms with Crippen LogP contribution >= 0.6 is 0 Å². The zero-order chi connectivity index (χ0) is 21.9. The van der Waals surface area contributed by atoms with Crippen molar-refractivity contribution in [3.05, 3.63) is 65.5 Å². The molecule has 0 unspecified atom stereocenters. The molecule has 1 aliphatic rings. The van der Waals surface area contributed by atoms with E-state index in [2.05, 4.69) is 4.98 Å². The van der Waals surface area contributed by atoms with Crippen LogP contribution in [0.4, 0.5) is 4.79 Å². The van der Waals surface area contributed by atoms with E-state index in [0.717, 1.165) is 5.69 Å². The molecule has 2 heterocycles. The number of ether oxygens (including phenoxy) is 1. The number of fused-ring (bicyclic) bond motifs is 1. The third kappa shape index (κ3) is 4.84. The van der Waals surface area contributed by atoms with Crippen molar-refractivity contribution in [2.24, 2.45) is 0 Å². The average molecular weight is 409 g/mol. The van der Waals surface area contributed by atoms with Crippen molar-refractivity contribution in [3.8, 4) is 0 Å². The molecule has 3 amide bonds. The Morgan fingerprint density at radius 2 is 1.67 bits per heavy atom. The number of hydrogen-bond acceptors (Lipinski definition) is 5. The highest BCUT2D eigenvalue weighted by Gasteiger charge is 2.39. The lowest BCUT2D eigenvalue weighted by molar-refractivity contribution is 0.0191. The van der Waals surface area contributed by atoms with Crippen molar-refractivity contribution in [1.82, 2.24) is 14.8 Å². The van der Waals surface area contributed by atoms with Gasteiger partial charge < -0.3 is 9.64 Å². The summed E-state index contributed by atoms with van der Waals surface area (Å²) < 4.78 is 5.55. The van der Waals surface area contributed by atoms with Gasteiger partial charge in [-0.2, -0.15) is 0 Å². The van der Waals surface area contributed by atoms with Crippen LogP contribution in [0.3, 0.4) is 0 Å². The van der Waals surface area contributed by atoms with Crippen LogP contribution in [0.25, 0.3) is 0 Å². The van der Waals surface area contributed by atoms with E-state index in [9.17, 15) is 14.4 Å². The third-order valence-corrected chi connectivity index (χ3v) is 4.77. The summed E-state index contributed by atoms with van der Waals surface area (Å²) in [6, 6.07) is 11.9. The number of carbonyl (C=O) groups is 3. The van der Waals surface area contributed by atoms with Gasteiger partial charge in [0.15, 0.2) is 0 Å². The van der Waals surface area contributed by atoms with E-state index in [0.29, 0.717) is 24.1 Å². The lowest BCUT2D eigenvalue weighted by atomic mass is 10.1. The van der Waals surface area contributed by atoms with Gasteiger partial charge in [-0.1, -0.05) is 18.2 Å². The Balaban J connectivity index is 1.75. The molecule has 1 aromatic heterocycles. The number of aromatic nitrogens is 1. The summed E-state index contributed by atoms with van der Waals surface area (Å²) in [4.78, 5) is 45.4. The first-order chi connectivity index (χ1) is 14.2. The topological polar surface area (TPSA) is 79.8 Å². The van der Waals surface area contributed by atoms with Crippen molar-refractivity contribution >= 4 is 17.9 Å². The predicted octanol–water partition coefficient (Wildman–Crippen LogP) is 3.55. The van der Waals surface area contributed by atoms with Crippen LogP contribution in [0.15, 0.2) is 48.7 Å². The Hall–Kier alpha value is -3.22. The quantitative estimate of drug-likeness (QED) is 0.682. The van der Waals surface area contributed by atoms with Gasteiger partial charge >= 0.3 is 6.09 Å². The predicted molar refractivity (Wildman–Crippen MR) is 112 cm³/mol. The molecule has 0 spiro atoms. The Morgan fingerprint density at radius 1 is 1.07 bits per heavy atom. The third-order valence-electron chi connectivity index (χ3n) is 4.77. The first-order valence-corrected chi connectivity index (χ1v) is 10.0. The van der Waals surface area contributed by atoms with Gasteiger partial charge in [-0.05, 0) is 52.0 Å². The molecule has 0 saturated heterocycles. The van der Waals surface area contributed by atoms with Crippen molar-refractivity contribution in [3.63, 3.8) is 0 Å². The monoisotopic (exact) mass is 409 g/mol. The summed E-state index contributed by atoms with van der Waals surface area (Å²) in [6.07, 6.45) is 1.76. The molecule has 1 atom stereocenters. The number of nitrogens with zero attached hydrogens (tertiary/aromatic N) is 3. The molecule has 7 nitrogen and oxygen atoms in total. The SMILES string of the molecule is C[C@H](CN(CCc1ccccn1)C(=O)OC(C)(C)C)N1C(=O)c2ccccc2C1=O. The maximum Gasteiger partial charge on any atom is 0.410 e. The molecule has 0 aliphatic carbocycles. The molecule has 0 N–H and O–H groups in total. The van der Waals surface area contributed by atoms with Crippen LogP contribution in [-0.2, 0) is 11.2 Å². The summed E-state index contributed by atoms with van der Waals surface area (Å²) in [5, 5.41) is 0. The van der Waals surface area contributed by atoms with Gasteiger partial charge in [0.05, 0.1) is 17.2 Å². The number of carbonyl (C=O) groups excluding carboxylic acids is 3. The average Bonchev–Trinajstić information content (AvgIpc) is 2.95. The molecule has 7 heteroatoms. The second-order valence-corrected chi connectivity index (χ2v) is 8.37. The van der Waals surface area contributed by atoms with Crippen LogP contribution < -0.4 is 0 Å². The number of benzene rings is 1. The Morgan fingerprint density at radius 3 is 2.20 bits per heavy atom. The molecular formula is C23H27N3O4. The number of hydrogen-bond donors (Lipinski definition) is 0. The molecule has 1 aliphatic heterocycles. The molecule has 158 valence electrons. The highest BCUT2D eigenvalue weighted by molar-refractivity contribution is 6.21. The summed E-state index contributed by atoms with van der Waals surface area (Å²) in [6.45, 7) is 7.70. The van der Waals surface area contributed by atoms with Crippen LogP contribution in [0.1, 0.15) is 54.1 Å². The first-order valence-electron chi connectivity index (χ1n) is 10.0. The van der Waals surface area contributed by atoms with Crippen LogP contribution in [-0.4, -0.2) is 57.4 Å². The fourth-order valence-electron chi connectivity index (χ4n) is 3.39. The molecule has 30 heavy (non-hydrogen) atoms. The number of amides is 3. The normalized spacial score (nSPS) is 14.5. The Bertz CT molecular complexity index is 902. The highest BCUT2D eigenvalue weighted by Crippen LogP contribution is 2.25. The van der Waals surface area contributed by atoms with E-state index in [4.69, 9.17) is 4.74 Å². The molecule has 3 rings (SSSR count). The van der Waals surface area contributed by atoms with E-state index < -0.39 is 17.7 Å². The number of rotatable bonds is 6. The number of pyridine rings is 1. The van der Waals surface area contributed by atoms with Crippen LogP contribution in [0.5, 0.6) is 0 Å². The minimum atomic E-state index is -0.654. The molecule has 0 saturated carbocycles. The van der Waals surface area contributed by atoms with Gasteiger partial charge in [-0.15, -0.1) is 0 Å². The van der Waals surface area contributed by atoms with E-state index in [-0.39, 0.29) is 18.4 Å². The van der Waals surface area contributed by atoms with Gasteiger partial charge in [-0.3, -0.25) is 19.5 Å². The van der Waals surface area contributed by atoms with E-state index in [1.54, 1.807) is 58.2 Å². The van der Waals surface area contributed by atoms with E-state index in [1.165, 1.54) is 9.80 Å². The maximum absolute atomic E-state index is 12.8. The van der Waals surface area contributed by atoms with Crippen LogP contribution in [0.2, 0.25) is 0 Å². The molecule has 0 fully saturated rings. The minimum absolute atomic E-state index is 0.174. The van der Waals surface area contributed by atoms with Gasteiger partial charge in [-0.25, -0.2) is 4.79 Å². The zero-order valence-corrected chi connectivity index (χ0v) is 17.8. The van der Waals surface area contributed by atoms with Crippen molar-refractivity contribution in [2.45, 2.75) is 45.8 Å². The van der Waals surface area contributed by atoms with Gasteiger partial charge in [0, 0.05) is 31.4 Å². The second kappa shape index (κ2) is 8.65. The number of imide groups is 1. The van der Waals surface area contributed by atoms with Crippen molar-refractivity contribution in [2.75, 3.05) is 13.1 Å². The zero-order valence-electron chi connectivity index (χ0n) is 17.8. The largest absolute Gasteiger partial charge is 0.444 e. The fraction of sp³-hybridized carbons (Fsp3) is 0.391. The van der Waals surface area contributed by atoms with Crippen LogP contribution in [0, 0.1) is 0 Å². The Labute approximate surface area is 176 Å². The smallest absolute Gasteiger partial charge is 0.410 e. The summed E-state index contributed by atoms with van der Waals surface area (Å²) in [5.41, 5.74) is 0.983. The van der Waals surface area contributed by atoms with Gasteiger partial charge in [0.25, 0.3) is 11.8 Å². The van der Waals surface area contributed by atoms with E-state index in [1.807, 2.05) is 18.2 Å². The second-order valence-electron chi connectivity index (χ2n) is 8.37. The molecule has 1 aromatic carbocycles. The van der Waals surface area contributed by atoms with Crippen molar-refractivity contribution in [1.29, 1.82) is 0 Å².